The van der Waals surface area contributed by atoms with E-state index in [2.05, 4.69) is 34.4 Å². The molecule has 0 radical (unpaired) electrons. The fourth-order valence-corrected chi connectivity index (χ4v) is 3.59. The van der Waals surface area contributed by atoms with Gasteiger partial charge in [0.1, 0.15) is 17.5 Å². The molecule has 5 heteroatoms. The lowest BCUT2D eigenvalue weighted by molar-refractivity contribution is 0.0973. The van der Waals surface area contributed by atoms with Crippen molar-refractivity contribution in [1.82, 2.24) is 14.9 Å². The Balaban J connectivity index is 1.82. The van der Waals surface area contributed by atoms with Crippen LogP contribution < -0.4 is 10.6 Å². The van der Waals surface area contributed by atoms with E-state index in [1.54, 1.807) is 0 Å². The number of aryl methyl sites for hydroxylation is 1. The SMILES string of the molecule is CCCc1nc(NC)c(C)c(NC2CN3CCC2CC3)n1. The largest absolute Gasteiger partial charge is 0.373 e. The molecule has 2 bridgehead atoms. The molecule has 116 valence electrons. The molecule has 0 spiro atoms. The van der Waals surface area contributed by atoms with Crippen molar-refractivity contribution in [2.75, 3.05) is 37.3 Å². The van der Waals surface area contributed by atoms with Crippen molar-refractivity contribution in [3.63, 3.8) is 0 Å². The summed E-state index contributed by atoms with van der Waals surface area (Å²) in [6.07, 6.45) is 4.65. The van der Waals surface area contributed by atoms with E-state index in [-0.39, 0.29) is 0 Å². The molecule has 3 fully saturated rings. The van der Waals surface area contributed by atoms with E-state index in [0.717, 1.165) is 48.3 Å². The zero-order valence-corrected chi connectivity index (χ0v) is 13.4. The van der Waals surface area contributed by atoms with E-state index in [1.165, 1.54) is 25.9 Å². The molecule has 2 N–H and O–H groups in total. The average molecular weight is 289 g/mol. The number of rotatable bonds is 5. The Morgan fingerprint density at radius 2 is 1.90 bits per heavy atom. The van der Waals surface area contributed by atoms with Crippen LogP contribution in [0, 0.1) is 12.8 Å². The first kappa shape index (κ1) is 14.6. The van der Waals surface area contributed by atoms with Crippen LogP contribution in [-0.2, 0) is 6.42 Å². The van der Waals surface area contributed by atoms with Gasteiger partial charge in [0.15, 0.2) is 0 Å². The van der Waals surface area contributed by atoms with Crippen molar-refractivity contribution in [1.29, 1.82) is 0 Å². The van der Waals surface area contributed by atoms with Crippen molar-refractivity contribution in [2.24, 2.45) is 5.92 Å². The minimum absolute atomic E-state index is 0.542. The molecule has 4 heterocycles. The zero-order valence-electron chi connectivity index (χ0n) is 13.4. The van der Waals surface area contributed by atoms with Crippen molar-refractivity contribution >= 4 is 11.6 Å². The molecule has 0 aliphatic carbocycles. The number of fused-ring (bicyclic) bond motifs is 3. The van der Waals surface area contributed by atoms with E-state index < -0.39 is 0 Å². The number of piperidine rings is 3. The summed E-state index contributed by atoms with van der Waals surface area (Å²) in [7, 11) is 1.93. The van der Waals surface area contributed by atoms with Crippen molar-refractivity contribution in [3.05, 3.63) is 11.4 Å². The van der Waals surface area contributed by atoms with Gasteiger partial charge in [-0.3, -0.25) is 0 Å². The Morgan fingerprint density at radius 3 is 2.48 bits per heavy atom. The predicted molar refractivity (Wildman–Crippen MR) is 86.9 cm³/mol. The number of aromatic nitrogens is 2. The second-order valence-corrected chi connectivity index (χ2v) is 6.35. The van der Waals surface area contributed by atoms with Crippen molar-refractivity contribution in [3.8, 4) is 0 Å². The Kier molecular flexibility index (Phi) is 4.29. The van der Waals surface area contributed by atoms with Gasteiger partial charge in [0.2, 0.25) is 0 Å². The molecule has 1 unspecified atom stereocenters. The minimum atomic E-state index is 0.542. The van der Waals surface area contributed by atoms with Gasteiger partial charge in [0.25, 0.3) is 0 Å². The van der Waals surface area contributed by atoms with Crippen LogP contribution in [-0.4, -0.2) is 47.6 Å². The second-order valence-electron chi connectivity index (χ2n) is 6.35. The molecule has 3 aliphatic rings. The first-order valence-electron chi connectivity index (χ1n) is 8.25. The van der Waals surface area contributed by atoms with Crippen molar-refractivity contribution < 1.29 is 0 Å². The highest BCUT2D eigenvalue weighted by molar-refractivity contribution is 5.57. The molecule has 0 saturated carbocycles. The van der Waals surface area contributed by atoms with Gasteiger partial charge in [0, 0.05) is 31.6 Å². The lowest BCUT2D eigenvalue weighted by Crippen LogP contribution is -2.53. The highest BCUT2D eigenvalue weighted by Gasteiger charge is 2.34. The standard InChI is InChI=1S/C16H27N5/c1-4-5-14-19-15(17-3)11(2)16(20-14)18-13-10-21-8-6-12(13)7-9-21/h12-13H,4-10H2,1-3H3,(H2,17,18,19,20). The summed E-state index contributed by atoms with van der Waals surface area (Å²) >= 11 is 0. The maximum Gasteiger partial charge on any atom is 0.135 e. The number of hydrogen-bond acceptors (Lipinski definition) is 5. The van der Waals surface area contributed by atoms with Crippen LogP contribution in [0.25, 0.3) is 0 Å². The predicted octanol–water partition coefficient (Wildman–Crippen LogP) is 2.29. The van der Waals surface area contributed by atoms with Gasteiger partial charge >= 0.3 is 0 Å². The van der Waals surface area contributed by atoms with Crippen LogP contribution in [0.15, 0.2) is 0 Å². The van der Waals surface area contributed by atoms with Gasteiger partial charge in [-0.15, -0.1) is 0 Å². The molecule has 0 aromatic carbocycles. The molecule has 3 aliphatic heterocycles. The summed E-state index contributed by atoms with van der Waals surface area (Å²) in [5, 5.41) is 6.93. The molecular weight excluding hydrogens is 262 g/mol. The molecule has 5 nitrogen and oxygen atoms in total. The van der Waals surface area contributed by atoms with E-state index in [4.69, 9.17) is 4.98 Å². The van der Waals surface area contributed by atoms with Gasteiger partial charge in [-0.25, -0.2) is 9.97 Å². The summed E-state index contributed by atoms with van der Waals surface area (Å²) in [6, 6.07) is 0.542. The molecule has 4 rings (SSSR count). The van der Waals surface area contributed by atoms with Crippen LogP contribution in [0.2, 0.25) is 0 Å². The normalized spacial score (nSPS) is 27.7. The highest BCUT2D eigenvalue weighted by atomic mass is 15.2. The number of anilines is 2. The third-order valence-electron chi connectivity index (χ3n) is 4.88. The Bertz CT molecular complexity index is 494. The first-order valence-corrected chi connectivity index (χ1v) is 8.25. The van der Waals surface area contributed by atoms with Gasteiger partial charge in [-0.05, 0) is 45.2 Å². The molecule has 1 aromatic heterocycles. The minimum Gasteiger partial charge on any atom is -0.373 e. The second kappa shape index (κ2) is 6.18. The van der Waals surface area contributed by atoms with E-state index in [1.807, 2.05) is 7.05 Å². The van der Waals surface area contributed by atoms with Crippen molar-refractivity contribution in [2.45, 2.75) is 45.6 Å². The van der Waals surface area contributed by atoms with Gasteiger partial charge in [-0.2, -0.15) is 0 Å². The molecule has 3 saturated heterocycles. The van der Waals surface area contributed by atoms with Gasteiger partial charge < -0.3 is 15.5 Å². The Labute approximate surface area is 127 Å². The summed E-state index contributed by atoms with van der Waals surface area (Å²) in [5.41, 5.74) is 1.13. The lowest BCUT2D eigenvalue weighted by atomic mass is 9.84. The third-order valence-corrected chi connectivity index (χ3v) is 4.88. The smallest absolute Gasteiger partial charge is 0.135 e. The maximum absolute atomic E-state index is 4.77. The van der Waals surface area contributed by atoms with Crippen LogP contribution >= 0.6 is 0 Å². The summed E-state index contributed by atoms with van der Waals surface area (Å²) < 4.78 is 0. The number of nitrogens with one attached hydrogen (secondary N) is 2. The Morgan fingerprint density at radius 1 is 1.19 bits per heavy atom. The third kappa shape index (κ3) is 2.98. The van der Waals surface area contributed by atoms with Crippen LogP contribution in [0.1, 0.15) is 37.6 Å². The van der Waals surface area contributed by atoms with Crippen LogP contribution in [0.4, 0.5) is 11.6 Å². The molecular formula is C16H27N5. The van der Waals surface area contributed by atoms with Crippen LogP contribution in [0.5, 0.6) is 0 Å². The van der Waals surface area contributed by atoms with E-state index in [9.17, 15) is 0 Å². The van der Waals surface area contributed by atoms with E-state index in [0.29, 0.717) is 6.04 Å². The van der Waals surface area contributed by atoms with Gasteiger partial charge in [0.05, 0.1) is 0 Å². The van der Waals surface area contributed by atoms with Gasteiger partial charge in [-0.1, -0.05) is 6.92 Å². The quantitative estimate of drug-likeness (QED) is 0.871. The maximum atomic E-state index is 4.77. The summed E-state index contributed by atoms with van der Waals surface area (Å²) in [6.45, 7) is 7.98. The Hall–Kier alpha value is -1.36. The fourth-order valence-electron chi connectivity index (χ4n) is 3.59. The molecule has 21 heavy (non-hydrogen) atoms. The first-order chi connectivity index (χ1) is 10.2. The topological polar surface area (TPSA) is 53.1 Å². The molecule has 1 atom stereocenters. The summed E-state index contributed by atoms with van der Waals surface area (Å²) in [5.74, 6) is 3.72. The molecule has 1 aromatic rings. The fraction of sp³-hybridized carbons (Fsp3) is 0.750. The monoisotopic (exact) mass is 289 g/mol. The van der Waals surface area contributed by atoms with Crippen LogP contribution in [0.3, 0.4) is 0 Å². The average Bonchev–Trinajstić information content (AvgIpc) is 2.52. The molecule has 0 amide bonds. The number of nitrogens with zero attached hydrogens (tertiary/aromatic N) is 3. The number of hydrogen-bond donors (Lipinski definition) is 2. The van der Waals surface area contributed by atoms with E-state index >= 15 is 0 Å². The zero-order chi connectivity index (χ0) is 14.8. The summed E-state index contributed by atoms with van der Waals surface area (Å²) in [4.78, 5) is 11.9. The lowest BCUT2D eigenvalue weighted by Gasteiger charge is -2.45. The highest BCUT2D eigenvalue weighted by Crippen LogP contribution is 2.31.